The Kier molecular flexibility index (Phi) is 5.26. The van der Waals surface area contributed by atoms with Crippen molar-refractivity contribution in [2.24, 2.45) is 0 Å². The van der Waals surface area contributed by atoms with E-state index in [9.17, 15) is 0 Å². The largest absolute Gasteiger partial charge is 0.341 e. The fourth-order valence-electron chi connectivity index (χ4n) is 2.61. The van der Waals surface area contributed by atoms with Gasteiger partial charge in [-0.05, 0) is 32.0 Å². The van der Waals surface area contributed by atoms with Gasteiger partial charge in [-0.25, -0.2) is 9.97 Å². The molecule has 122 valence electrons. The van der Waals surface area contributed by atoms with E-state index >= 15 is 0 Å². The summed E-state index contributed by atoms with van der Waals surface area (Å²) in [6.07, 6.45) is 0. The average Bonchev–Trinajstić information content (AvgIpc) is 2.64. The van der Waals surface area contributed by atoms with Crippen LogP contribution >= 0.6 is 15.9 Å². The lowest BCUT2D eigenvalue weighted by molar-refractivity contribution is 0.823. The highest BCUT2D eigenvalue weighted by atomic mass is 79.9. The van der Waals surface area contributed by atoms with Crippen LogP contribution in [0.25, 0.3) is 22.5 Å². The Bertz CT molecular complexity index is 797. The predicted octanol–water partition coefficient (Wildman–Crippen LogP) is 5.42. The number of aromatic nitrogens is 2. The molecule has 0 aliphatic heterocycles. The summed E-state index contributed by atoms with van der Waals surface area (Å²) in [4.78, 5) is 11.8. The average molecular weight is 382 g/mol. The van der Waals surface area contributed by atoms with Crippen molar-refractivity contribution >= 4 is 21.9 Å². The summed E-state index contributed by atoms with van der Waals surface area (Å²) in [6.45, 7) is 6.02. The zero-order valence-electron chi connectivity index (χ0n) is 13.9. The molecule has 1 heterocycles. The maximum Gasteiger partial charge on any atom is 0.226 e. The van der Waals surface area contributed by atoms with Gasteiger partial charge in [0, 0.05) is 28.7 Å². The van der Waals surface area contributed by atoms with Crippen LogP contribution in [0.3, 0.4) is 0 Å². The maximum absolute atomic E-state index is 4.80. The van der Waals surface area contributed by atoms with Gasteiger partial charge in [0.15, 0.2) is 0 Å². The van der Waals surface area contributed by atoms with Crippen molar-refractivity contribution in [3.63, 3.8) is 0 Å². The highest BCUT2D eigenvalue weighted by Gasteiger charge is 2.12. The molecule has 0 amide bonds. The van der Waals surface area contributed by atoms with Crippen molar-refractivity contribution in [3.8, 4) is 22.5 Å². The summed E-state index contributed by atoms with van der Waals surface area (Å²) in [6, 6.07) is 20.5. The predicted molar refractivity (Wildman–Crippen MR) is 104 cm³/mol. The van der Waals surface area contributed by atoms with Crippen molar-refractivity contribution in [2.45, 2.75) is 13.8 Å². The van der Waals surface area contributed by atoms with Gasteiger partial charge in [-0.1, -0.05) is 58.4 Å². The highest BCUT2D eigenvalue weighted by molar-refractivity contribution is 9.10. The fourth-order valence-corrected chi connectivity index (χ4v) is 2.87. The van der Waals surface area contributed by atoms with Crippen LogP contribution in [-0.2, 0) is 0 Å². The highest BCUT2D eigenvalue weighted by Crippen LogP contribution is 2.27. The Balaban J connectivity index is 2.14. The monoisotopic (exact) mass is 381 g/mol. The molecule has 0 aliphatic carbocycles. The molecule has 3 nitrogen and oxygen atoms in total. The van der Waals surface area contributed by atoms with Gasteiger partial charge in [-0.3, -0.25) is 0 Å². The zero-order chi connectivity index (χ0) is 16.9. The van der Waals surface area contributed by atoms with Crippen LogP contribution in [0.15, 0.2) is 65.1 Å². The van der Waals surface area contributed by atoms with Crippen LogP contribution in [0.5, 0.6) is 0 Å². The van der Waals surface area contributed by atoms with E-state index in [0.717, 1.165) is 46.0 Å². The van der Waals surface area contributed by atoms with E-state index < -0.39 is 0 Å². The lowest BCUT2D eigenvalue weighted by atomic mass is 10.1. The molecule has 0 bridgehead atoms. The Morgan fingerprint density at radius 3 is 1.88 bits per heavy atom. The van der Waals surface area contributed by atoms with E-state index in [1.165, 1.54) is 0 Å². The molecule has 0 aliphatic rings. The van der Waals surface area contributed by atoms with Gasteiger partial charge in [-0.2, -0.15) is 0 Å². The molecule has 4 heteroatoms. The first-order chi connectivity index (χ1) is 11.7. The normalized spacial score (nSPS) is 10.6. The number of hydrogen-bond acceptors (Lipinski definition) is 3. The Morgan fingerprint density at radius 1 is 0.792 bits per heavy atom. The molecular weight excluding hydrogens is 362 g/mol. The molecule has 0 atom stereocenters. The van der Waals surface area contributed by atoms with Gasteiger partial charge in [0.25, 0.3) is 0 Å². The summed E-state index contributed by atoms with van der Waals surface area (Å²) in [5.74, 6) is 0.777. The Morgan fingerprint density at radius 2 is 1.33 bits per heavy atom. The van der Waals surface area contributed by atoms with E-state index in [2.05, 4.69) is 65.0 Å². The third-order valence-electron chi connectivity index (χ3n) is 3.97. The van der Waals surface area contributed by atoms with Crippen LogP contribution in [0.4, 0.5) is 5.95 Å². The minimum atomic E-state index is 0.777. The molecule has 3 rings (SSSR count). The van der Waals surface area contributed by atoms with Gasteiger partial charge < -0.3 is 4.90 Å². The van der Waals surface area contributed by atoms with E-state index in [-0.39, 0.29) is 0 Å². The minimum absolute atomic E-state index is 0.777. The zero-order valence-corrected chi connectivity index (χ0v) is 15.5. The van der Waals surface area contributed by atoms with Gasteiger partial charge in [-0.15, -0.1) is 0 Å². The first-order valence-electron chi connectivity index (χ1n) is 8.16. The first-order valence-corrected chi connectivity index (χ1v) is 8.96. The topological polar surface area (TPSA) is 29.0 Å². The number of rotatable bonds is 5. The molecule has 0 fully saturated rings. The van der Waals surface area contributed by atoms with Crippen molar-refractivity contribution < 1.29 is 0 Å². The molecule has 0 spiro atoms. The van der Waals surface area contributed by atoms with Crippen molar-refractivity contribution in [2.75, 3.05) is 18.0 Å². The summed E-state index contributed by atoms with van der Waals surface area (Å²) in [5.41, 5.74) is 4.08. The third kappa shape index (κ3) is 3.65. The van der Waals surface area contributed by atoms with Crippen molar-refractivity contribution in [1.29, 1.82) is 0 Å². The number of benzene rings is 2. The van der Waals surface area contributed by atoms with E-state index in [0.29, 0.717) is 0 Å². The van der Waals surface area contributed by atoms with E-state index in [4.69, 9.17) is 9.97 Å². The maximum atomic E-state index is 4.80. The standard InChI is InChI=1S/C20H20BrN3/c1-3-24(4-2)20-22-18(15-8-6-5-7-9-15)14-19(23-20)16-10-12-17(21)13-11-16/h5-14H,3-4H2,1-2H3. The Hall–Kier alpha value is -2.20. The minimum Gasteiger partial charge on any atom is -0.341 e. The van der Waals surface area contributed by atoms with Gasteiger partial charge in [0.1, 0.15) is 0 Å². The van der Waals surface area contributed by atoms with Gasteiger partial charge in [0.2, 0.25) is 5.95 Å². The molecule has 0 saturated carbocycles. The quantitative estimate of drug-likeness (QED) is 0.590. The molecule has 0 unspecified atom stereocenters. The van der Waals surface area contributed by atoms with Crippen LogP contribution in [0, 0.1) is 0 Å². The third-order valence-corrected chi connectivity index (χ3v) is 4.50. The SMILES string of the molecule is CCN(CC)c1nc(-c2ccccc2)cc(-c2ccc(Br)cc2)n1. The fraction of sp³-hybridized carbons (Fsp3) is 0.200. The lowest BCUT2D eigenvalue weighted by Crippen LogP contribution is -2.24. The van der Waals surface area contributed by atoms with Crippen molar-refractivity contribution in [1.82, 2.24) is 9.97 Å². The second-order valence-corrected chi connectivity index (χ2v) is 6.40. The lowest BCUT2D eigenvalue weighted by Gasteiger charge is -2.20. The van der Waals surface area contributed by atoms with Crippen LogP contribution in [-0.4, -0.2) is 23.1 Å². The van der Waals surface area contributed by atoms with E-state index in [1.807, 2.05) is 30.3 Å². The molecule has 1 aromatic heterocycles. The van der Waals surface area contributed by atoms with Crippen LogP contribution in [0.2, 0.25) is 0 Å². The number of halogens is 1. The first kappa shape index (κ1) is 16.7. The Labute approximate surface area is 151 Å². The van der Waals surface area contributed by atoms with E-state index in [1.54, 1.807) is 0 Å². The second kappa shape index (κ2) is 7.58. The van der Waals surface area contributed by atoms with Gasteiger partial charge >= 0.3 is 0 Å². The summed E-state index contributed by atoms with van der Waals surface area (Å²) < 4.78 is 1.06. The molecule has 2 aromatic carbocycles. The summed E-state index contributed by atoms with van der Waals surface area (Å²) >= 11 is 3.49. The number of hydrogen-bond donors (Lipinski definition) is 0. The molecule has 0 radical (unpaired) electrons. The van der Waals surface area contributed by atoms with Gasteiger partial charge in [0.05, 0.1) is 11.4 Å². The molecular formula is C20H20BrN3. The smallest absolute Gasteiger partial charge is 0.226 e. The van der Waals surface area contributed by atoms with Crippen LogP contribution < -0.4 is 4.90 Å². The molecule has 0 saturated heterocycles. The molecule has 0 N–H and O–H groups in total. The molecule has 3 aromatic rings. The second-order valence-electron chi connectivity index (χ2n) is 5.48. The van der Waals surface area contributed by atoms with Crippen LogP contribution in [0.1, 0.15) is 13.8 Å². The molecule has 24 heavy (non-hydrogen) atoms. The summed E-state index contributed by atoms with van der Waals surface area (Å²) in [7, 11) is 0. The number of anilines is 1. The van der Waals surface area contributed by atoms with Crippen molar-refractivity contribution in [3.05, 3.63) is 65.1 Å². The summed E-state index contributed by atoms with van der Waals surface area (Å²) in [5, 5.41) is 0. The number of nitrogens with zero attached hydrogens (tertiary/aromatic N) is 3.